The molecule has 1 N–H and O–H groups in total. The Bertz CT molecular complexity index is 354. The minimum Gasteiger partial charge on any atom is -0.310 e. The Morgan fingerprint density at radius 1 is 1.21 bits per heavy atom. The molecular formula is C16H27FN2. The summed E-state index contributed by atoms with van der Waals surface area (Å²) in [4.78, 5) is 2.33. The van der Waals surface area contributed by atoms with Crippen molar-refractivity contribution in [3.05, 3.63) is 35.6 Å². The van der Waals surface area contributed by atoms with Crippen LogP contribution >= 0.6 is 0 Å². The molecule has 108 valence electrons. The Morgan fingerprint density at radius 2 is 1.95 bits per heavy atom. The van der Waals surface area contributed by atoms with Crippen molar-refractivity contribution in [3.63, 3.8) is 0 Å². The van der Waals surface area contributed by atoms with Gasteiger partial charge in [0.2, 0.25) is 0 Å². The van der Waals surface area contributed by atoms with Crippen molar-refractivity contribution in [2.24, 2.45) is 0 Å². The summed E-state index contributed by atoms with van der Waals surface area (Å²) in [6.45, 7) is 7.24. The molecule has 1 atom stereocenters. The highest BCUT2D eigenvalue weighted by Gasteiger charge is 2.14. The lowest BCUT2D eigenvalue weighted by atomic mass is 10.0. The highest BCUT2D eigenvalue weighted by Crippen LogP contribution is 2.20. The van der Waals surface area contributed by atoms with E-state index in [2.05, 4.69) is 31.1 Å². The molecule has 1 unspecified atom stereocenters. The summed E-state index contributed by atoms with van der Waals surface area (Å²) >= 11 is 0. The normalized spacial score (nSPS) is 12.9. The van der Waals surface area contributed by atoms with Crippen LogP contribution in [0.3, 0.4) is 0 Å². The molecule has 2 nitrogen and oxygen atoms in total. The van der Waals surface area contributed by atoms with Gasteiger partial charge in [-0.05, 0) is 45.6 Å². The number of nitrogens with zero attached hydrogens (tertiary/aromatic N) is 1. The SMILES string of the molecule is CCCCN(C)CCC(NCC)c1ccccc1F. The molecule has 0 spiro atoms. The van der Waals surface area contributed by atoms with E-state index < -0.39 is 0 Å². The number of nitrogens with one attached hydrogen (secondary N) is 1. The van der Waals surface area contributed by atoms with Crippen LogP contribution in [0.4, 0.5) is 4.39 Å². The molecule has 0 amide bonds. The van der Waals surface area contributed by atoms with E-state index in [1.807, 2.05) is 12.1 Å². The first kappa shape index (κ1) is 16.1. The molecule has 1 aromatic rings. The highest BCUT2D eigenvalue weighted by molar-refractivity contribution is 5.21. The number of halogens is 1. The molecule has 0 heterocycles. The van der Waals surface area contributed by atoms with Gasteiger partial charge in [0.15, 0.2) is 0 Å². The van der Waals surface area contributed by atoms with Crippen LogP contribution < -0.4 is 5.32 Å². The van der Waals surface area contributed by atoms with E-state index in [4.69, 9.17) is 0 Å². The van der Waals surface area contributed by atoms with Gasteiger partial charge in [-0.3, -0.25) is 0 Å². The van der Waals surface area contributed by atoms with Crippen molar-refractivity contribution >= 4 is 0 Å². The average molecular weight is 266 g/mol. The zero-order valence-corrected chi connectivity index (χ0v) is 12.5. The fourth-order valence-electron chi connectivity index (χ4n) is 2.26. The lowest BCUT2D eigenvalue weighted by molar-refractivity contribution is 0.302. The minimum absolute atomic E-state index is 0.107. The molecule has 0 saturated carbocycles. The van der Waals surface area contributed by atoms with Crippen molar-refractivity contribution in [2.45, 2.75) is 39.2 Å². The second-order valence-corrected chi connectivity index (χ2v) is 5.08. The van der Waals surface area contributed by atoms with E-state index in [0.717, 1.165) is 31.6 Å². The summed E-state index contributed by atoms with van der Waals surface area (Å²) in [7, 11) is 2.14. The molecule has 0 bridgehead atoms. The van der Waals surface area contributed by atoms with Crippen molar-refractivity contribution in [2.75, 3.05) is 26.7 Å². The zero-order chi connectivity index (χ0) is 14.1. The summed E-state index contributed by atoms with van der Waals surface area (Å²) < 4.78 is 13.8. The fourth-order valence-corrected chi connectivity index (χ4v) is 2.26. The lowest BCUT2D eigenvalue weighted by Crippen LogP contribution is -2.28. The molecule has 0 aliphatic rings. The molecule has 19 heavy (non-hydrogen) atoms. The molecule has 0 saturated heterocycles. The third-order valence-corrected chi connectivity index (χ3v) is 3.42. The van der Waals surface area contributed by atoms with Gasteiger partial charge in [0.05, 0.1) is 0 Å². The summed E-state index contributed by atoms with van der Waals surface area (Å²) in [6, 6.07) is 7.18. The average Bonchev–Trinajstić information content (AvgIpc) is 2.42. The Labute approximate surface area is 117 Å². The van der Waals surface area contributed by atoms with Crippen molar-refractivity contribution < 1.29 is 4.39 Å². The Morgan fingerprint density at radius 3 is 2.58 bits per heavy atom. The first-order valence-electron chi connectivity index (χ1n) is 7.35. The van der Waals surface area contributed by atoms with Gasteiger partial charge >= 0.3 is 0 Å². The molecule has 0 aromatic heterocycles. The van der Waals surface area contributed by atoms with Gasteiger partial charge < -0.3 is 10.2 Å². The maximum Gasteiger partial charge on any atom is 0.127 e. The van der Waals surface area contributed by atoms with Gasteiger partial charge in [-0.1, -0.05) is 38.5 Å². The van der Waals surface area contributed by atoms with Crippen LogP contribution in [-0.2, 0) is 0 Å². The maximum absolute atomic E-state index is 13.8. The molecule has 1 rings (SSSR count). The Balaban J connectivity index is 2.56. The van der Waals surface area contributed by atoms with Crippen LogP contribution in [0.2, 0.25) is 0 Å². The van der Waals surface area contributed by atoms with E-state index >= 15 is 0 Å². The summed E-state index contributed by atoms with van der Waals surface area (Å²) in [6.07, 6.45) is 3.38. The van der Waals surface area contributed by atoms with Gasteiger partial charge in [0, 0.05) is 11.6 Å². The van der Waals surface area contributed by atoms with Crippen LogP contribution in [0.25, 0.3) is 0 Å². The van der Waals surface area contributed by atoms with E-state index in [1.54, 1.807) is 12.1 Å². The van der Waals surface area contributed by atoms with Gasteiger partial charge in [-0.25, -0.2) is 4.39 Å². The monoisotopic (exact) mass is 266 g/mol. The molecule has 0 fully saturated rings. The van der Waals surface area contributed by atoms with E-state index in [0.29, 0.717) is 0 Å². The first-order chi connectivity index (χ1) is 9.19. The largest absolute Gasteiger partial charge is 0.310 e. The zero-order valence-electron chi connectivity index (χ0n) is 12.5. The number of unbranched alkanes of at least 4 members (excludes halogenated alkanes) is 1. The Hall–Kier alpha value is -0.930. The van der Waals surface area contributed by atoms with Gasteiger partial charge in [0.25, 0.3) is 0 Å². The topological polar surface area (TPSA) is 15.3 Å². The van der Waals surface area contributed by atoms with Crippen LogP contribution in [0.15, 0.2) is 24.3 Å². The molecule has 1 aromatic carbocycles. The smallest absolute Gasteiger partial charge is 0.127 e. The number of hydrogen-bond donors (Lipinski definition) is 1. The summed E-state index contributed by atoms with van der Waals surface area (Å²) in [5.74, 6) is -0.107. The molecule has 0 aliphatic carbocycles. The molecule has 0 radical (unpaired) electrons. The quantitative estimate of drug-likeness (QED) is 0.734. The molecule has 0 aliphatic heterocycles. The van der Waals surface area contributed by atoms with E-state index in [-0.39, 0.29) is 11.9 Å². The number of rotatable bonds is 9. The van der Waals surface area contributed by atoms with Crippen molar-refractivity contribution in [3.8, 4) is 0 Å². The third kappa shape index (κ3) is 5.70. The van der Waals surface area contributed by atoms with Gasteiger partial charge in [-0.15, -0.1) is 0 Å². The van der Waals surface area contributed by atoms with E-state index in [1.165, 1.54) is 12.8 Å². The first-order valence-corrected chi connectivity index (χ1v) is 7.35. The predicted molar refractivity (Wildman–Crippen MR) is 79.8 cm³/mol. The third-order valence-electron chi connectivity index (χ3n) is 3.42. The fraction of sp³-hybridized carbons (Fsp3) is 0.625. The number of benzene rings is 1. The summed E-state index contributed by atoms with van der Waals surface area (Å²) in [5, 5.41) is 3.38. The minimum atomic E-state index is -0.107. The van der Waals surface area contributed by atoms with Crippen LogP contribution in [-0.4, -0.2) is 31.6 Å². The maximum atomic E-state index is 13.8. The second-order valence-electron chi connectivity index (χ2n) is 5.08. The second kappa shape index (κ2) is 9.05. The lowest BCUT2D eigenvalue weighted by Gasteiger charge is -2.23. The van der Waals surface area contributed by atoms with Crippen LogP contribution in [0.5, 0.6) is 0 Å². The highest BCUT2D eigenvalue weighted by atomic mass is 19.1. The Kier molecular flexibility index (Phi) is 7.68. The van der Waals surface area contributed by atoms with Crippen LogP contribution in [0, 0.1) is 5.82 Å². The van der Waals surface area contributed by atoms with Crippen LogP contribution in [0.1, 0.15) is 44.7 Å². The van der Waals surface area contributed by atoms with Gasteiger partial charge in [-0.2, -0.15) is 0 Å². The van der Waals surface area contributed by atoms with Crippen molar-refractivity contribution in [1.82, 2.24) is 10.2 Å². The predicted octanol–water partition coefficient (Wildman–Crippen LogP) is 3.60. The number of hydrogen-bond acceptors (Lipinski definition) is 2. The van der Waals surface area contributed by atoms with E-state index in [9.17, 15) is 4.39 Å². The summed E-state index contributed by atoms with van der Waals surface area (Å²) in [5.41, 5.74) is 0.785. The van der Waals surface area contributed by atoms with Crippen molar-refractivity contribution in [1.29, 1.82) is 0 Å². The molecular weight excluding hydrogens is 239 g/mol. The molecule has 3 heteroatoms. The standard InChI is InChI=1S/C16H27FN2/c1-4-6-12-19(3)13-11-16(18-5-2)14-9-7-8-10-15(14)17/h7-10,16,18H,4-6,11-13H2,1-3H3. The van der Waals surface area contributed by atoms with Gasteiger partial charge in [0.1, 0.15) is 5.82 Å².